The van der Waals surface area contributed by atoms with Crippen LogP contribution in [0.4, 0.5) is 5.82 Å². The first-order valence-electron chi connectivity index (χ1n) is 7.76. The van der Waals surface area contributed by atoms with Crippen LogP contribution in [-0.4, -0.2) is 55.6 Å². The summed E-state index contributed by atoms with van der Waals surface area (Å²) in [6, 6.07) is 4.00. The Labute approximate surface area is 127 Å². The molecule has 0 bridgehead atoms. The van der Waals surface area contributed by atoms with Crippen molar-refractivity contribution in [2.24, 2.45) is 0 Å². The van der Waals surface area contributed by atoms with Crippen LogP contribution in [-0.2, 0) is 0 Å². The molecule has 1 aliphatic rings. The van der Waals surface area contributed by atoms with Crippen LogP contribution in [0.3, 0.4) is 0 Å². The number of rotatable bonds is 5. The minimum atomic E-state index is -0.0123. The van der Waals surface area contributed by atoms with Gasteiger partial charge in [-0.3, -0.25) is 4.79 Å². The lowest BCUT2D eigenvalue weighted by molar-refractivity contribution is 0.0911. The Bertz CT molecular complexity index is 450. The van der Waals surface area contributed by atoms with Gasteiger partial charge in [-0.2, -0.15) is 0 Å². The number of hydrogen-bond acceptors (Lipinski definition) is 4. The van der Waals surface area contributed by atoms with Gasteiger partial charge in [-0.25, -0.2) is 4.98 Å². The van der Waals surface area contributed by atoms with E-state index >= 15 is 0 Å². The van der Waals surface area contributed by atoms with Gasteiger partial charge in [0.05, 0.1) is 5.56 Å². The van der Waals surface area contributed by atoms with E-state index in [0.717, 1.165) is 38.3 Å². The van der Waals surface area contributed by atoms with Crippen molar-refractivity contribution in [1.29, 1.82) is 0 Å². The largest absolute Gasteiger partial charge is 0.363 e. The number of carbonyl (C=O) groups is 1. The van der Waals surface area contributed by atoms with Crippen LogP contribution in [0.5, 0.6) is 0 Å². The van der Waals surface area contributed by atoms with Gasteiger partial charge in [-0.05, 0) is 37.9 Å². The van der Waals surface area contributed by atoms with Crippen LogP contribution in [0.15, 0.2) is 18.3 Å². The molecule has 0 radical (unpaired) electrons. The Morgan fingerprint density at radius 3 is 2.62 bits per heavy atom. The first-order chi connectivity index (χ1) is 10.1. The summed E-state index contributed by atoms with van der Waals surface area (Å²) in [5.74, 6) is 0.848. The summed E-state index contributed by atoms with van der Waals surface area (Å²) in [5.41, 5.74) is 0.636. The van der Waals surface area contributed by atoms with E-state index in [2.05, 4.69) is 22.1 Å². The molecule has 5 heteroatoms. The molecule has 0 saturated carbocycles. The summed E-state index contributed by atoms with van der Waals surface area (Å²) in [6.45, 7) is 5.53. The monoisotopic (exact) mass is 290 g/mol. The summed E-state index contributed by atoms with van der Waals surface area (Å²) < 4.78 is 0. The zero-order chi connectivity index (χ0) is 15.2. The Morgan fingerprint density at radius 1 is 1.38 bits per heavy atom. The Kier molecular flexibility index (Phi) is 5.56. The van der Waals surface area contributed by atoms with E-state index in [1.54, 1.807) is 6.20 Å². The number of pyridine rings is 1. The normalized spacial score (nSPS) is 16.7. The van der Waals surface area contributed by atoms with Gasteiger partial charge in [0.15, 0.2) is 0 Å². The minimum Gasteiger partial charge on any atom is -0.363 e. The molecular weight excluding hydrogens is 264 g/mol. The summed E-state index contributed by atoms with van der Waals surface area (Å²) in [5, 5.41) is 3.13. The Balaban J connectivity index is 1.84. The second-order valence-electron chi connectivity index (χ2n) is 5.89. The zero-order valence-electron chi connectivity index (χ0n) is 13.3. The number of carbonyl (C=O) groups excluding carboxylic acids is 1. The third kappa shape index (κ3) is 4.43. The second-order valence-corrected chi connectivity index (χ2v) is 5.89. The van der Waals surface area contributed by atoms with Crippen LogP contribution >= 0.6 is 0 Å². The highest BCUT2D eigenvalue weighted by Gasteiger charge is 2.20. The molecule has 2 rings (SSSR count). The molecule has 0 spiro atoms. The van der Waals surface area contributed by atoms with Crippen molar-refractivity contribution < 1.29 is 4.79 Å². The average Bonchev–Trinajstić information content (AvgIpc) is 2.49. The predicted octanol–water partition coefficient (Wildman–Crippen LogP) is 1.75. The summed E-state index contributed by atoms with van der Waals surface area (Å²) in [6.07, 6.45) is 4.92. The molecule has 21 heavy (non-hydrogen) atoms. The van der Waals surface area contributed by atoms with Crippen LogP contribution in [0.1, 0.15) is 36.5 Å². The first kappa shape index (κ1) is 15.8. The molecule has 1 N–H and O–H groups in total. The maximum Gasteiger partial charge on any atom is 0.253 e. The number of nitrogens with zero attached hydrogens (tertiary/aromatic N) is 3. The van der Waals surface area contributed by atoms with E-state index in [1.165, 1.54) is 6.42 Å². The van der Waals surface area contributed by atoms with Crippen LogP contribution in [0.2, 0.25) is 0 Å². The molecule has 1 amide bonds. The number of likely N-dealkylation sites (tertiary alicyclic amines) is 1. The maximum absolute atomic E-state index is 12.2. The standard InChI is InChI=1S/C16H26N4O/c1-4-9-20-10-7-14(8-11-20)18-16(21)13-5-6-15(17-12-13)19(2)3/h5-6,12,14H,4,7-11H2,1-3H3,(H,18,21). The predicted molar refractivity (Wildman–Crippen MR) is 85.8 cm³/mol. The summed E-state index contributed by atoms with van der Waals surface area (Å²) in [7, 11) is 3.87. The molecule has 1 aromatic rings. The molecule has 116 valence electrons. The Hall–Kier alpha value is -1.62. The SMILES string of the molecule is CCCN1CCC(NC(=O)c2ccc(N(C)C)nc2)CC1. The molecule has 5 nitrogen and oxygen atoms in total. The zero-order valence-corrected chi connectivity index (χ0v) is 13.3. The van der Waals surface area contributed by atoms with E-state index in [4.69, 9.17) is 0 Å². The number of amides is 1. The highest BCUT2D eigenvalue weighted by molar-refractivity contribution is 5.94. The van der Waals surface area contributed by atoms with Crippen LogP contribution < -0.4 is 10.2 Å². The number of hydrogen-bond donors (Lipinski definition) is 1. The second kappa shape index (κ2) is 7.41. The van der Waals surface area contributed by atoms with Crippen molar-refractivity contribution in [3.63, 3.8) is 0 Å². The molecule has 1 aliphatic heterocycles. The third-order valence-corrected chi connectivity index (χ3v) is 3.93. The maximum atomic E-state index is 12.2. The van der Waals surface area contributed by atoms with Gasteiger partial charge in [0.25, 0.3) is 5.91 Å². The number of nitrogens with one attached hydrogen (secondary N) is 1. The van der Waals surface area contributed by atoms with Crippen molar-refractivity contribution in [1.82, 2.24) is 15.2 Å². The molecule has 2 heterocycles. The van der Waals surface area contributed by atoms with Gasteiger partial charge >= 0.3 is 0 Å². The van der Waals surface area contributed by atoms with Gasteiger partial charge in [-0.15, -0.1) is 0 Å². The van der Waals surface area contributed by atoms with E-state index in [0.29, 0.717) is 11.6 Å². The fourth-order valence-corrected chi connectivity index (χ4v) is 2.67. The fraction of sp³-hybridized carbons (Fsp3) is 0.625. The summed E-state index contributed by atoms with van der Waals surface area (Å²) in [4.78, 5) is 20.9. The topological polar surface area (TPSA) is 48.5 Å². The smallest absolute Gasteiger partial charge is 0.253 e. The molecule has 1 aromatic heterocycles. The fourth-order valence-electron chi connectivity index (χ4n) is 2.67. The van der Waals surface area contributed by atoms with Gasteiger partial charge < -0.3 is 15.1 Å². The molecular formula is C16H26N4O. The lowest BCUT2D eigenvalue weighted by Gasteiger charge is -2.32. The van der Waals surface area contributed by atoms with Crippen molar-refractivity contribution >= 4 is 11.7 Å². The lowest BCUT2D eigenvalue weighted by Crippen LogP contribution is -2.44. The highest BCUT2D eigenvalue weighted by Crippen LogP contribution is 2.12. The molecule has 0 aromatic carbocycles. The van der Waals surface area contributed by atoms with Gasteiger partial charge in [0.2, 0.25) is 0 Å². The minimum absolute atomic E-state index is 0.0123. The van der Waals surface area contributed by atoms with E-state index in [1.807, 2.05) is 31.1 Å². The quantitative estimate of drug-likeness (QED) is 0.897. The van der Waals surface area contributed by atoms with Gasteiger partial charge in [0, 0.05) is 39.4 Å². The van der Waals surface area contributed by atoms with Gasteiger partial charge in [-0.1, -0.05) is 6.92 Å². The van der Waals surface area contributed by atoms with E-state index in [9.17, 15) is 4.79 Å². The van der Waals surface area contributed by atoms with E-state index < -0.39 is 0 Å². The van der Waals surface area contributed by atoms with Crippen molar-refractivity contribution in [3.05, 3.63) is 23.9 Å². The summed E-state index contributed by atoms with van der Waals surface area (Å²) >= 11 is 0. The Morgan fingerprint density at radius 2 is 2.10 bits per heavy atom. The molecule has 1 saturated heterocycles. The molecule has 0 aliphatic carbocycles. The molecule has 0 unspecified atom stereocenters. The average molecular weight is 290 g/mol. The van der Waals surface area contributed by atoms with Crippen molar-refractivity contribution in [2.45, 2.75) is 32.2 Å². The number of anilines is 1. The number of aromatic nitrogens is 1. The van der Waals surface area contributed by atoms with Crippen molar-refractivity contribution in [3.8, 4) is 0 Å². The van der Waals surface area contributed by atoms with Crippen LogP contribution in [0, 0.1) is 0 Å². The molecule has 1 fully saturated rings. The molecule has 0 atom stereocenters. The number of piperidine rings is 1. The van der Waals surface area contributed by atoms with Crippen LogP contribution in [0.25, 0.3) is 0 Å². The van der Waals surface area contributed by atoms with Crippen molar-refractivity contribution in [2.75, 3.05) is 38.6 Å². The van der Waals surface area contributed by atoms with Gasteiger partial charge in [0.1, 0.15) is 5.82 Å². The lowest BCUT2D eigenvalue weighted by atomic mass is 10.0. The third-order valence-electron chi connectivity index (χ3n) is 3.93. The van der Waals surface area contributed by atoms with E-state index in [-0.39, 0.29) is 5.91 Å². The first-order valence-corrected chi connectivity index (χ1v) is 7.76. The highest BCUT2D eigenvalue weighted by atomic mass is 16.1.